The number of aromatic hydroxyl groups is 1. The number of rotatable bonds is 1. The lowest BCUT2D eigenvalue weighted by molar-refractivity contribution is -0.136. The first-order valence-electron chi connectivity index (χ1n) is 9.68. The lowest BCUT2D eigenvalue weighted by Gasteiger charge is -2.29. The van der Waals surface area contributed by atoms with Crippen molar-refractivity contribution in [3.63, 3.8) is 0 Å². The van der Waals surface area contributed by atoms with Gasteiger partial charge in [0.2, 0.25) is 11.8 Å². The van der Waals surface area contributed by atoms with Crippen LogP contribution >= 0.6 is 0 Å². The van der Waals surface area contributed by atoms with Crippen molar-refractivity contribution in [1.29, 1.82) is 0 Å². The molecule has 7 heteroatoms. The van der Waals surface area contributed by atoms with Crippen LogP contribution in [0.15, 0.2) is 18.2 Å². The average molecular weight is 373 g/mol. The van der Waals surface area contributed by atoms with E-state index in [0.717, 1.165) is 0 Å². The van der Waals surface area contributed by atoms with Crippen LogP contribution in [-0.2, 0) is 16.1 Å². The summed E-state index contributed by atoms with van der Waals surface area (Å²) in [5, 5.41) is 11.7. The molecule has 1 aliphatic carbocycles. The number of benzene rings is 1. The van der Waals surface area contributed by atoms with E-state index in [4.69, 9.17) is 5.73 Å². The molecule has 0 aromatic heterocycles. The van der Waals surface area contributed by atoms with Gasteiger partial charge in [0.1, 0.15) is 11.8 Å². The van der Waals surface area contributed by atoms with Gasteiger partial charge in [-0.15, -0.1) is 0 Å². The van der Waals surface area contributed by atoms with E-state index in [9.17, 15) is 19.5 Å². The summed E-state index contributed by atoms with van der Waals surface area (Å²) in [6, 6.07) is 4.44. The van der Waals surface area contributed by atoms with Crippen LogP contribution in [0, 0.1) is 0 Å². The minimum Gasteiger partial charge on any atom is -0.508 e. The minimum atomic E-state index is -0.611. The first-order valence-corrected chi connectivity index (χ1v) is 9.68. The van der Waals surface area contributed by atoms with Gasteiger partial charge in [-0.2, -0.15) is 0 Å². The highest BCUT2D eigenvalue weighted by Crippen LogP contribution is 2.29. The molecule has 0 spiro atoms. The summed E-state index contributed by atoms with van der Waals surface area (Å²) in [5.74, 6) is -0.870. The molecule has 27 heavy (non-hydrogen) atoms. The summed E-state index contributed by atoms with van der Waals surface area (Å²) in [7, 11) is 0. The molecular weight excluding hydrogens is 346 g/mol. The summed E-state index contributed by atoms with van der Waals surface area (Å²) in [4.78, 5) is 36.6. The van der Waals surface area contributed by atoms with Crippen LogP contribution in [0.1, 0.15) is 67.3 Å². The van der Waals surface area contributed by atoms with Crippen molar-refractivity contribution in [3.05, 3.63) is 29.3 Å². The van der Waals surface area contributed by atoms with E-state index in [1.165, 1.54) is 55.6 Å². The van der Waals surface area contributed by atoms with Crippen LogP contribution in [0.5, 0.6) is 5.75 Å². The number of nitrogens with one attached hydrogen (secondary N) is 1. The van der Waals surface area contributed by atoms with Crippen LogP contribution in [0.4, 0.5) is 0 Å². The third kappa shape index (κ3) is 4.66. The lowest BCUT2D eigenvalue weighted by Crippen LogP contribution is -2.52. The number of carbonyl (C=O) groups is 3. The standard InChI is InChI=1S/C13H12N2O4.C7H15N/c16-8-1-2-9-7(5-8)6-15(13(9)19)10-3-4-11(17)14-12(10)18;8-7-5-3-1-2-4-6-7/h1-2,5,10,16H,3-4,6H2,(H,14,17,18);7H,1-6,8H2. The van der Waals surface area contributed by atoms with Gasteiger partial charge in [-0.3, -0.25) is 19.7 Å². The molecule has 1 aromatic carbocycles. The molecule has 1 unspecified atom stereocenters. The van der Waals surface area contributed by atoms with E-state index in [-0.39, 0.29) is 30.5 Å². The largest absolute Gasteiger partial charge is 0.508 e. The SMILES string of the molecule is NC1CCCCCC1.O=C1CCC(N2Cc3cc(O)ccc3C2=O)C(=O)N1. The minimum absolute atomic E-state index is 0.0941. The molecule has 146 valence electrons. The Bertz CT molecular complexity index is 726. The molecule has 0 radical (unpaired) electrons. The molecular formula is C20H27N3O4. The molecule has 2 heterocycles. The van der Waals surface area contributed by atoms with Gasteiger partial charge in [0, 0.05) is 24.6 Å². The Kier molecular flexibility index (Phi) is 6.11. The zero-order chi connectivity index (χ0) is 19.4. The second kappa shape index (κ2) is 8.52. The maximum absolute atomic E-state index is 12.2. The summed E-state index contributed by atoms with van der Waals surface area (Å²) < 4.78 is 0. The van der Waals surface area contributed by atoms with Gasteiger partial charge in [0.15, 0.2) is 0 Å². The van der Waals surface area contributed by atoms with Crippen molar-refractivity contribution in [3.8, 4) is 5.75 Å². The molecule has 1 atom stereocenters. The van der Waals surface area contributed by atoms with Crippen molar-refractivity contribution in [2.75, 3.05) is 0 Å². The van der Waals surface area contributed by atoms with E-state index in [0.29, 0.717) is 23.6 Å². The Labute approximate surface area is 158 Å². The highest BCUT2D eigenvalue weighted by Gasteiger charge is 2.38. The number of carbonyl (C=O) groups excluding carboxylic acids is 3. The van der Waals surface area contributed by atoms with Crippen molar-refractivity contribution >= 4 is 17.7 Å². The number of imide groups is 1. The Hall–Kier alpha value is -2.41. The smallest absolute Gasteiger partial charge is 0.255 e. The first-order chi connectivity index (χ1) is 13.0. The number of phenolic OH excluding ortho intramolecular Hbond substituents is 1. The van der Waals surface area contributed by atoms with Crippen LogP contribution in [0.25, 0.3) is 0 Å². The molecule has 1 aromatic rings. The highest BCUT2D eigenvalue weighted by molar-refractivity contribution is 6.05. The molecule has 3 aliphatic rings. The van der Waals surface area contributed by atoms with Gasteiger partial charge in [-0.25, -0.2) is 0 Å². The van der Waals surface area contributed by atoms with Gasteiger partial charge in [0.05, 0.1) is 0 Å². The maximum atomic E-state index is 12.2. The second-order valence-electron chi connectivity index (χ2n) is 7.49. The summed E-state index contributed by atoms with van der Waals surface area (Å²) in [6.07, 6.45) is 8.65. The Morgan fingerprint density at radius 3 is 2.41 bits per heavy atom. The maximum Gasteiger partial charge on any atom is 0.255 e. The monoisotopic (exact) mass is 373 g/mol. The van der Waals surface area contributed by atoms with Crippen LogP contribution in [-0.4, -0.2) is 39.8 Å². The van der Waals surface area contributed by atoms with Gasteiger partial charge in [-0.1, -0.05) is 25.7 Å². The summed E-state index contributed by atoms with van der Waals surface area (Å²) in [6.45, 7) is 0.287. The fourth-order valence-electron chi connectivity index (χ4n) is 3.87. The van der Waals surface area contributed by atoms with E-state index in [1.807, 2.05) is 0 Å². The van der Waals surface area contributed by atoms with Crippen molar-refractivity contribution in [2.24, 2.45) is 5.73 Å². The van der Waals surface area contributed by atoms with Crippen LogP contribution in [0.3, 0.4) is 0 Å². The number of hydrogen-bond donors (Lipinski definition) is 3. The number of hydrogen-bond acceptors (Lipinski definition) is 5. The van der Waals surface area contributed by atoms with E-state index in [1.54, 1.807) is 6.07 Å². The Balaban J connectivity index is 0.000000221. The second-order valence-corrected chi connectivity index (χ2v) is 7.49. The van der Waals surface area contributed by atoms with Gasteiger partial charge in [0.25, 0.3) is 5.91 Å². The molecule has 4 N–H and O–H groups in total. The molecule has 1 saturated heterocycles. The van der Waals surface area contributed by atoms with Gasteiger partial charge in [-0.05, 0) is 43.0 Å². The number of nitrogens with zero attached hydrogens (tertiary/aromatic N) is 1. The number of phenols is 1. The lowest BCUT2D eigenvalue weighted by atomic mass is 10.0. The number of amides is 3. The highest BCUT2D eigenvalue weighted by atomic mass is 16.3. The molecule has 0 bridgehead atoms. The summed E-state index contributed by atoms with van der Waals surface area (Å²) >= 11 is 0. The van der Waals surface area contributed by atoms with Gasteiger partial charge >= 0.3 is 0 Å². The topological polar surface area (TPSA) is 113 Å². The quantitative estimate of drug-likeness (QED) is 0.513. The van der Waals surface area contributed by atoms with Crippen molar-refractivity contribution in [1.82, 2.24) is 10.2 Å². The van der Waals surface area contributed by atoms with E-state index < -0.39 is 11.9 Å². The number of nitrogens with two attached hydrogens (primary N) is 1. The van der Waals surface area contributed by atoms with Gasteiger partial charge < -0.3 is 15.7 Å². The third-order valence-electron chi connectivity index (χ3n) is 5.41. The van der Waals surface area contributed by atoms with Crippen molar-refractivity contribution < 1.29 is 19.5 Å². The van der Waals surface area contributed by atoms with Crippen molar-refractivity contribution in [2.45, 2.75) is 70.0 Å². The Morgan fingerprint density at radius 2 is 1.74 bits per heavy atom. The van der Waals surface area contributed by atoms with Crippen LogP contribution in [0.2, 0.25) is 0 Å². The average Bonchev–Trinajstić information content (AvgIpc) is 2.79. The zero-order valence-corrected chi connectivity index (χ0v) is 15.4. The molecule has 3 amide bonds. The van der Waals surface area contributed by atoms with Crippen LogP contribution < -0.4 is 11.1 Å². The third-order valence-corrected chi connectivity index (χ3v) is 5.41. The van der Waals surface area contributed by atoms with E-state index in [2.05, 4.69) is 5.32 Å². The Morgan fingerprint density at radius 1 is 1.04 bits per heavy atom. The normalized spacial score (nSPS) is 23.2. The number of fused-ring (bicyclic) bond motifs is 1. The van der Waals surface area contributed by atoms with E-state index >= 15 is 0 Å². The molecule has 2 fully saturated rings. The molecule has 7 nitrogen and oxygen atoms in total. The molecule has 2 aliphatic heterocycles. The first kappa shape index (κ1) is 19.4. The molecule has 1 saturated carbocycles. The zero-order valence-electron chi connectivity index (χ0n) is 15.4. The fraction of sp³-hybridized carbons (Fsp3) is 0.550. The summed E-state index contributed by atoms with van der Waals surface area (Å²) in [5.41, 5.74) is 6.94. The molecule has 4 rings (SSSR count). The number of piperidine rings is 1. The predicted molar refractivity (Wildman–Crippen MR) is 99.8 cm³/mol. The fourth-order valence-corrected chi connectivity index (χ4v) is 3.87. The predicted octanol–water partition coefficient (Wildman–Crippen LogP) is 1.82.